The number of fused-ring (bicyclic) bond motifs is 3. The summed E-state index contributed by atoms with van der Waals surface area (Å²) in [5.74, 6) is 0. The molecule has 22 heavy (non-hydrogen) atoms. The van der Waals surface area contributed by atoms with Crippen LogP contribution in [0.2, 0.25) is 5.02 Å². The Morgan fingerprint density at radius 1 is 1.09 bits per heavy atom. The van der Waals surface area contributed by atoms with Crippen LogP contribution in [0.25, 0.3) is 21.9 Å². The van der Waals surface area contributed by atoms with Gasteiger partial charge in [-0.15, -0.1) is 0 Å². The van der Waals surface area contributed by atoms with Crippen molar-refractivity contribution in [3.8, 4) is 0 Å². The van der Waals surface area contributed by atoms with Gasteiger partial charge in [-0.25, -0.2) is 9.78 Å². The summed E-state index contributed by atoms with van der Waals surface area (Å²) in [4.78, 5) is 19.1. The molecule has 0 aliphatic carbocycles. The number of H-pyrrole nitrogens is 2. The van der Waals surface area contributed by atoms with E-state index >= 15 is 0 Å². The molecule has 5 heteroatoms. The maximum Gasteiger partial charge on any atom is 0.361 e. The smallest absolute Gasteiger partial charge is 0.345 e. The molecule has 0 spiro atoms. The van der Waals surface area contributed by atoms with Gasteiger partial charge in [-0.2, -0.15) is 4.57 Å². The second kappa shape index (κ2) is 5.00. The van der Waals surface area contributed by atoms with E-state index in [4.69, 9.17) is 11.6 Å². The van der Waals surface area contributed by atoms with Gasteiger partial charge in [0.05, 0.1) is 5.52 Å². The highest BCUT2D eigenvalue weighted by Crippen LogP contribution is 2.19. The van der Waals surface area contributed by atoms with Crippen molar-refractivity contribution in [2.45, 2.75) is 6.54 Å². The Labute approximate surface area is 131 Å². The Hall–Kier alpha value is -2.59. The summed E-state index contributed by atoms with van der Waals surface area (Å²) in [6, 6.07) is 15.4. The molecule has 4 nitrogen and oxygen atoms in total. The normalized spacial score (nSPS) is 11.3. The third-order valence-electron chi connectivity index (χ3n) is 3.84. The Morgan fingerprint density at radius 2 is 1.86 bits per heavy atom. The van der Waals surface area contributed by atoms with Crippen LogP contribution in [-0.2, 0) is 6.54 Å². The predicted molar refractivity (Wildman–Crippen MR) is 87.2 cm³/mol. The zero-order chi connectivity index (χ0) is 15.1. The molecule has 0 radical (unpaired) electrons. The number of para-hydroxylation sites is 1. The molecule has 2 aromatic heterocycles. The van der Waals surface area contributed by atoms with E-state index in [1.54, 1.807) is 10.9 Å². The average molecular weight is 311 g/mol. The second-order valence-corrected chi connectivity index (χ2v) is 5.63. The minimum Gasteiger partial charge on any atom is -0.345 e. The largest absolute Gasteiger partial charge is 0.361 e. The van der Waals surface area contributed by atoms with Crippen molar-refractivity contribution in [1.29, 1.82) is 0 Å². The Balaban J connectivity index is 1.90. The van der Waals surface area contributed by atoms with Gasteiger partial charge >= 0.3 is 5.56 Å². The topological polar surface area (TPSA) is 51.9 Å². The molecular weight excluding hydrogens is 298 g/mol. The van der Waals surface area contributed by atoms with Crippen molar-refractivity contribution in [3.05, 3.63) is 75.8 Å². The van der Waals surface area contributed by atoms with Gasteiger partial charge in [0.15, 0.2) is 11.0 Å². The molecule has 4 rings (SSSR count). The van der Waals surface area contributed by atoms with E-state index in [1.807, 2.05) is 48.5 Å². The lowest BCUT2D eigenvalue weighted by Gasteiger charge is -2.01. The fraction of sp³-hybridized carbons (Fsp3) is 0.0588. The molecule has 0 aliphatic heterocycles. The molecule has 0 atom stereocenters. The molecule has 2 aromatic carbocycles. The van der Waals surface area contributed by atoms with Crippen LogP contribution in [0.15, 0.2) is 59.7 Å². The fourth-order valence-electron chi connectivity index (χ4n) is 2.72. The van der Waals surface area contributed by atoms with Crippen LogP contribution in [0.3, 0.4) is 0 Å². The molecule has 2 N–H and O–H groups in total. The van der Waals surface area contributed by atoms with Crippen molar-refractivity contribution >= 4 is 33.5 Å². The Kier molecular flexibility index (Phi) is 2.98. The molecule has 0 saturated heterocycles. The third kappa shape index (κ3) is 2.00. The lowest BCUT2D eigenvalue weighted by Crippen LogP contribution is -2.26. The van der Waals surface area contributed by atoms with E-state index in [-0.39, 0.29) is 5.56 Å². The Morgan fingerprint density at radius 3 is 2.73 bits per heavy atom. The summed E-state index contributed by atoms with van der Waals surface area (Å²) in [5.41, 5.74) is 3.20. The van der Waals surface area contributed by atoms with Crippen LogP contribution >= 0.6 is 11.6 Å². The zero-order valence-electron chi connectivity index (χ0n) is 11.6. The summed E-state index contributed by atoms with van der Waals surface area (Å²) in [6.45, 7) is 0.431. The molecule has 0 fully saturated rings. The molecule has 4 aromatic rings. The van der Waals surface area contributed by atoms with E-state index in [0.29, 0.717) is 17.1 Å². The van der Waals surface area contributed by atoms with Crippen LogP contribution in [0.4, 0.5) is 0 Å². The number of nitrogens with one attached hydrogen (secondary N) is 2. The number of aromatic amines is 2. The Bertz CT molecular complexity index is 1050. The minimum atomic E-state index is -0.0649. The van der Waals surface area contributed by atoms with Crippen LogP contribution in [-0.4, -0.2) is 9.55 Å². The summed E-state index contributed by atoms with van der Waals surface area (Å²) in [7, 11) is 0. The molecule has 0 unspecified atom stereocenters. The van der Waals surface area contributed by atoms with Crippen LogP contribution < -0.4 is 10.5 Å². The van der Waals surface area contributed by atoms with Gasteiger partial charge in [-0.1, -0.05) is 41.9 Å². The van der Waals surface area contributed by atoms with Crippen LogP contribution in [0, 0.1) is 0 Å². The SMILES string of the molecule is O=c1c2[nH]c3ccccc3c2[nH+]cn1Cc1ccccc1Cl. The highest BCUT2D eigenvalue weighted by Gasteiger charge is 2.16. The number of hydrogen-bond acceptors (Lipinski definition) is 1. The van der Waals surface area contributed by atoms with E-state index in [1.165, 1.54) is 0 Å². The molecule has 108 valence electrons. The second-order valence-electron chi connectivity index (χ2n) is 5.22. The van der Waals surface area contributed by atoms with Crippen LogP contribution in [0.5, 0.6) is 0 Å². The van der Waals surface area contributed by atoms with Gasteiger partial charge in [0.25, 0.3) is 0 Å². The predicted octanol–water partition coefficient (Wildman–Crippen LogP) is 3.00. The number of rotatable bonds is 2. The zero-order valence-corrected chi connectivity index (χ0v) is 12.4. The number of nitrogens with zero attached hydrogens (tertiary/aromatic N) is 1. The van der Waals surface area contributed by atoms with Crippen molar-refractivity contribution in [2.75, 3.05) is 0 Å². The van der Waals surface area contributed by atoms with Crippen molar-refractivity contribution < 1.29 is 4.98 Å². The van der Waals surface area contributed by atoms with Crippen LogP contribution in [0.1, 0.15) is 5.56 Å². The third-order valence-corrected chi connectivity index (χ3v) is 4.21. The molecule has 0 amide bonds. The quantitative estimate of drug-likeness (QED) is 0.608. The van der Waals surface area contributed by atoms with Gasteiger partial charge < -0.3 is 4.98 Å². The highest BCUT2D eigenvalue weighted by atomic mass is 35.5. The van der Waals surface area contributed by atoms with Crippen molar-refractivity contribution in [2.24, 2.45) is 0 Å². The van der Waals surface area contributed by atoms with Gasteiger partial charge in [-0.3, -0.25) is 0 Å². The summed E-state index contributed by atoms with van der Waals surface area (Å²) in [6.07, 6.45) is 1.70. The maximum atomic E-state index is 12.7. The van der Waals surface area contributed by atoms with Crippen molar-refractivity contribution in [3.63, 3.8) is 0 Å². The van der Waals surface area contributed by atoms with E-state index < -0.39 is 0 Å². The van der Waals surface area contributed by atoms with Crippen molar-refractivity contribution in [1.82, 2.24) is 9.55 Å². The first-order chi connectivity index (χ1) is 10.7. The molecular formula is C17H13ClN3O+. The van der Waals surface area contributed by atoms with E-state index in [2.05, 4.69) is 9.97 Å². The van der Waals surface area contributed by atoms with Gasteiger partial charge in [-0.05, 0) is 18.2 Å². The monoisotopic (exact) mass is 310 g/mol. The molecule has 2 heterocycles. The molecule has 0 bridgehead atoms. The first kappa shape index (κ1) is 13.1. The standard InChI is InChI=1S/C17H12ClN3O/c18-13-7-3-1-5-11(13)9-21-10-19-15-12-6-2-4-8-14(12)20-16(15)17(21)22/h1-8,10,20H,9H2/p+1. The number of aromatic nitrogens is 3. The summed E-state index contributed by atoms with van der Waals surface area (Å²) in [5, 5.41) is 1.67. The maximum absolute atomic E-state index is 12.7. The highest BCUT2D eigenvalue weighted by molar-refractivity contribution is 6.31. The first-order valence-electron chi connectivity index (χ1n) is 6.99. The lowest BCUT2D eigenvalue weighted by atomic mass is 10.2. The molecule has 0 aliphatic rings. The fourth-order valence-corrected chi connectivity index (χ4v) is 2.92. The number of hydrogen-bond donors (Lipinski definition) is 1. The van der Waals surface area contributed by atoms with Gasteiger partial charge in [0, 0.05) is 16.0 Å². The number of benzene rings is 2. The van der Waals surface area contributed by atoms with E-state index in [9.17, 15) is 4.79 Å². The van der Waals surface area contributed by atoms with Gasteiger partial charge in [0.1, 0.15) is 6.54 Å². The summed E-state index contributed by atoms with van der Waals surface area (Å²) < 4.78 is 1.62. The van der Waals surface area contributed by atoms with E-state index in [0.717, 1.165) is 22.0 Å². The van der Waals surface area contributed by atoms with Gasteiger partial charge in [0.2, 0.25) is 6.33 Å². The lowest BCUT2D eigenvalue weighted by molar-refractivity contribution is -0.351. The molecule has 0 saturated carbocycles. The first-order valence-corrected chi connectivity index (χ1v) is 7.37. The summed E-state index contributed by atoms with van der Waals surface area (Å²) >= 11 is 6.18. The minimum absolute atomic E-state index is 0.0649. The number of halogens is 1. The average Bonchev–Trinajstić information content (AvgIpc) is 2.92.